The van der Waals surface area contributed by atoms with Crippen LogP contribution in [-0.4, -0.2) is 51.2 Å². The van der Waals surface area contributed by atoms with E-state index in [0.717, 1.165) is 36.3 Å². The van der Waals surface area contributed by atoms with Crippen LogP contribution in [0.25, 0.3) is 0 Å². The summed E-state index contributed by atoms with van der Waals surface area (Å²) in [5.74, 6) is 2.52. The van der Waals surface area contributed by atoms with Gasteiger partial charge >= 0.3 is 0 Å². The third kappa shape index (κ3) is 7.25. The van der Waals surface area contributed by atoms with Crippen molar-refractivity contribution in [2.45, 2.75) is 26.3 Å². The molecule has 0 aromatic heterocycles. The molecule has 1 fully saturated rings. The van der Waals surface area contributed by atoms with Gasteiger partial charge in [0.15, 0.2) is 5.96 Å². The molecule has 2 N–H and O–H groups in total. The zero-order valence-corrected chi connectivity index (χ0v) is 17.4. The zero-order valence-electron chi connectivity index (χ0n) is 15.0. The van der Waals surface area contributed by atoms with Crippen LogP contribution in [0.3, 0.4) is 0 Å². The van der Waals surface area contributed by atoms with E-state index >= 15 is 0 Å². The molecular formula is C18H31IN4O. The monoisotopic (exact) mass is 446 g/mol. The topological polar surface area (TPSA) is 48.9 Å². The minimum absolute atomic E-state index is 0. The second-order valence-corrected chi connectivity index (χ2v) is 6.17. The first-order chi connectivity index (χ1) is 11.2. The van der Waals surface area contributed by atoms with Crippen LogP contribution in [0.1, 0.15) is 25.3 Å². The molecule has 1 aromatic rings. The summed E-state index contributed by atoms with van der Waals surface area (Å²) in [7, 11) is 3.89. The van der Waals surface area contributed by atoms with E-state index in [2.05, 4.69) is 40.6 Å². The molecule has 2 rings (SSSR count). The van der Waals surface area contributed by atoms with Crippen molar-refractivity contribution in [3.8, 4) is 5.75 Å². The lowest BCUT2D eigenvalue weighted by Gasteiger charge is -2.29. The van der Waals surface area contributed by atoms with Gasteiger partial charge in [-0.15, -0.1) is 24.0 Å². The summed E-state index contributed by atoms with van der Waals surface area (Å²) >= 11 is 0. The second-order valence-electron chi connectivity index (χ2n) is 6.17. The largest absolute Gasteiger partial charge is 0.497 e. The highest BCUT2D eigenvalue weighted by atomic mass is 127. The van der Waals surface area contributed by atoms with Gasteiger partial charge in [0.05, 0.1) is 13.7 Å². The number of halogens is 1. The molecule has 6 heteroatoms. The number of piperidine rings is 1. The summed E-state index contributed by atoms with van der Waals surface area (Å²) in [6.07, 6.45) is 2.53. The summed E-state index contributed by atoms with van der Waals surface area (Å²) < 4.78 is 5.26. The van der Waals surface area contributed by atoms with Gasteiger partial charge in [-0.05, 0) is 63.5 Å². The number of likely N-dealkylation sites (tertiary alicyclic amines) is 1. The second kappa shape index (κ2) is 11.5. The molecule has 24 heavy (non-hydrogen) atoms. The van der Waals surface area contributed by atoms with Crippen molar-refractivity contribution in [3.05, 3.63) is 29.8 Å². The quantitative estimate of drug-likeness (QED) is 0.401. The maximum absolute atomic E-state index is 5.26. The van der Waals surface area contributed by atoms with Crippen LogP contribution in [0.5, 0.6) is 5.75 Å². The van der Waals surface area contributed by atoms with Crippen molar-refractivity contribution in [2.24, 2.45) is 10.9 Å². The molecule has 1 saturated heterocycles. The van der Waals surface area contributed by atoms with E-state index in [9.17, 15) is 0 Å². The fourth-order valence-electron chi connectivity index (χ4n) is 2.79. The van der Waals surface area contributed by atoms with Crippen LogP contribution in [0.15, 0.2) is 29.3 Å². The van der Waals surface area contributed by atoms with E-state index in [0.29, 0.717) is 6.54 Å². The molecule has 1 heterocycles. The Labute approximate surface area is 163 Å². The first-order valence-electron chi connectivity index (χ1n) is 8.55. The molecule has 5 nitrogen and oxygen atoms in total. The summed E-state index contributed by atoms with van der Waals surface area (Å²) in [6, 6.07) is 8.07. The van der Waals surface area contributed by atoms with Crippen LogP contribution >= 0.6 is 24.0 Å². The highest BCUT2D eigenvalue weighted by Crippen LogP contribution is 2.15. The Morgan fingerprint density at radius 2 is 2.04 bits per heavy atom. The van der Waals surface area contributed by atoms with E-state index < -0.39 is 0 Å². The Balaban J connectivity index is 0.00000288. The summed E-state index contributed by atoms with van der Waals surface area (Å²) in [6.45, 7) is 7.01. The molecule has 0 spiro atoms. The standard InChI is InChI=1S/C18H30N4O.HI/c1-4-19-18(20-13-15-8-10-22(2)11-9-15)21-14-16-6-5-7-17(12-16)23-3;/h5-7,12,15H,4,8-11,13-14H2,1-3H3,(H2,19,20,21);1H. The smallest absolute Gasteiger partial charge is 0.191 e. The third-order valence-corrected chi connectivity index (χ3v) is 4.29. The zero-order chi connectivity index (χ0) is 16.5. The number of nitrogens with zero attached hydrogens (tertiary/aromatic N) is 2. The molecule has 0 unspecified atom stereocenters. The third-order valence-electron chi connectivity index (χ3n) is 4.29. The Morgan fingerprint density at radius 1 is 1.29 bits per heavy atom. The number of benzene rings is 1. The first-order valence-corrected chi connectivity index (χ1v) is 8.55. The van der Waals surface area contributed by atoms with Gasteiger partial charge in [-0.25, -0.2) is 4.99 Å². The fraction of sp³-hybridized carbons (Fsp3) is 0.611. The normalized spacial score (nSPS) is 16.4. The van der Waals surface area contributed by atoms with E-state index in [-0.39, 0.29) is 24.0 Å². The van der Waals surface area contributed by atoms with Gasteiger partial charge in [0.2, 0.25) is 0 Å². The van der Waals surface area contributed by atoms with Crippen molar-refractivity contribution in [1.82, 2.24) is 15.5 Å². The molecule has 0 saturated carbocycles. The molecule has 0 atom stereocenters. The number of guanidine groups is 1. The van der Waals surface area contributed by atoms with Gasteiger partial charge < -0.3 is 20.3 Å². The lowest BCUT2D eigenvalue weighted by atomic mass is 9.97. The van der Waals surface area contributed by atoms with Crippen LogP contribution in [-0.2, 0) is 6.54 Å². The van der Waals surface area contributed by atoms with E-state index in [4.69, 9.17) is 4.74 Å². The predicted octanol–water partition coefficient (Wildman–Crippen LogP) is 2.71. The van der Waals surface area contributed by atoms with E-state index in [1.54, 1.807) is 7.11 Å². The van der Waals surface area contributed by atoms with Gasteiger partial charge in [-0.3, -0.25) is 0 Å². The van der Waals surface area contributed by atoms with Crippen LogP contribution in [0.2, 0.25) is 0 Å². The summed E-state index contributed by atoms with van der Waals surface area (Å²) in [4.78, 5) is 7.09. The van der Waals surface area contributed by atoms with E-state index in [1.807, 2.05) is 18.2 Å². The van der Waals surface area contributed by atoms with Gasteiger partial charge in [0.1, 0.15) is 5.75 Å². The SMILES string of the molecule is CCNC(=NCc1cccc(OC)c1)NCC1CCN(C)CC1.I. The van der Waals surface area contributed by atoms with Crippen molar-refractivity contribution >= 4 is 29.9 Å². The van der Waals surface area contributed by atoms with Crippen molar-refractivity contribution in [3.63, 3.8) is 0 Å². The summed E-state index contributed by atoms with van der Waals surface area (Å²) in [5, 5.41) is 6.82. The Morgan fingerprint density at radius 3 is 2.71 bits per heavy atom. The minimum Gasteiger partial charge on any atom is -0.497 e. The lowest BCUT2D eigenvalue weighted by molar-refractivity contribution is 0.220. The van der Waals surface area contributed by atoms with Gasteiger partial charge in [0.25, 0.3) is 0 Å². The minimum atomic E-state index is 0. The number of hydrogen-bond acceptors (Lipinski definition) is 3. The van der Waals surface area contributed by atoms with Crippen LogP contribution in [0, 0.1) is 5.92 Å². The molecule has 136 valence electrons. The molecule has 0 bridgehead atoms. The average molecular weight is 446 g/mol. The number of methoxy groups -OCH3 is 1. The number of aliphatic imine (C=N–C) groups is 1. The fourth-order valence-corrected chi connectivity index (χ4v) is 2.79. The molecule has 0 aliphatic carbocycles. The highest BCUT2D eigenvalue weighted by molar-refractivity contribution is 14.0. The Hall–Kier alpha value is -1.02. The highest BCUT2D eigenvalue weighted by Gasteiger charge is 2.16. The molecule has 0 amide bonds. The number of nitrogens with one attached hydrogen (secondary N) is 2. The lowest BCUT2D eigenvalue weighted by Crippen LogP contribution is -2.42. The predicted molar refractivity (Wildman–Crippen MR) is 111 cm³/mol. The van der Waals surface area contributed by atoms with Crippen LogP contribution in [0.4, 0.5) is 0 Å². The number of hydrogen-bond donors (Lipinski definition) is 2. The molecule has 0 radical (unpaired) electrons. The number of rotatable bonds is 6. The van der Waals surface area contributed by atoms with Gasteiger partial charge in [-0.1, -0.05) is 12.1 Å². The van der Waals surface area contributed by atoms with Crippen molar-refractivity contribution in [2.75, 3.05) is 40.3 Å². The molecular weight excluding hydrogens is 415 g/mol. The van der Waals surface area contributed by atoms with Crippen molar-refractivity contribution < 1.29 is 4.74 Å². The Kier molecular flexibility index (Phi) is 10.1. The molecule has 1 aliphatic heterocycles. The number of ether oxygens (including phenoxy) is 1. The summed E-state index contributed by atoms with van der Waals surface area (Å²) in [5.41, 5.74) is 1.15. The van der Waals surface area contributed by atoms with Crippen LogP contribution < -0.4 is 15.4 Å². The average Bonchev–Trinajstić information content (AvgIpc) is 2.59. The van der Waals surface area contributed by atoms with Gasteiger partial charge in [-0.2, -0.15) is 0 Å². The molecule has 1 aliphatic rings. The van der Waals surface area contributed by atoms with Crippen molar-refractivity contribution in [1.29, 1.82) is 0 Å². The Bertz CT molecular complexity index is 502. The maximum atomic E-state index is 5.26. The van der Waals surface area contributed by atoms with E-state index in [1.165, 1.54) is 25.9 Å². The molecule has 1 aromatic carbocycles. The van der Waals surface area contributed by atoms with Gasteiger partial charge in [0, 0.05) is 13.1 Å². The maximum Gasteiger partial charge on any atom is 0.191 e. The first kappa shape index (κ1) is 21.0.